The van der Waals surface area contributed by atoms with Crippen molar-refractivity contribution in [3.63, 3.8) is 0 Å². The Morgan fingerprint density at radius 2 is 1.88 bits per heavy atom. The van der Waals surface area contributed by atoms with E-state index in [1.165, 1.54) is 23.9 Å². The lowest BCUT2D eigenvalue weighted by atomic mass is 10.1. The van der Waals surface area contributed by atoms with Crippen molar-refractivity contribution in [2.75, 3.05) is 12.4 Å². The van der Waals surface area contributed by atoms with Crippen LogP contribution in [0.1, 0.15) is 32.1 Å². The number of nitrogens with zero attached hydrogens (tertiary/aromatic N) is 3. The summed E-state index contributed by atoms with van der Waals surface area (Å²) in [6, 6.07) is 4.63. The van der Waals surface area contributed by atoms with Gasteiger partial charge < -0.3 is 5.32 Å². The maximum atomic E-state index is 12.2. The van der Waals surface area contributed by atoms with E-state index in [0.29, 0.717) is 27.7 Å². The number of rotatable bonds is 3. The van der Waals surface area contributed by atoms with Crippen molar-refractivity contribution in [1.29, 1.82) is 0 Å². The first-order valence-electron chi connectivity index (χ1n) is 7.25. The lowest BCUT2D eigenvalue weighted by Gasteiger charge is -2.07. The topological polar surface area (TPSA) is 84.3 Å². The van der Waals surface area contributed by atoms with Gasteiger partial charge in [-0.1, -0.05) is 11.6 Å². The number of aryl methyl sites for hydroxylation is 1. The Balaban J connectivity index is 1.77. The van der Waals surface area contributed by atoms with Crippen LogP contribution < -0.4 is 5.32 Å². The lowest BCUT2D eigenvalue weighted by molar-refractivity contribution is -0.116. The number of halogens is 1. The summed E-state index contributed by atoms with van der Waals surface area (Å²) in [6.07, 6.45) is 0. The summed E-state index contributed by atoms with van der Waals surface area (Å²) in [6.45, 7) is 3.55. The molecule has 0 atom stereocenters. The Morgan fingerprint density at radius 3 is 2.50 bits per heavy atom. The summed E-state index contributed by atoms with van der Waals surface area (Å²) >= 11 is 6.06. The Bertz CT molecular complexity index is 888. The van der Waals surface area contributed by atoms with Crippen LogP contribution in [-0.4, -0.2) is 39.4 Å². The smallest absolute Gasteiger partial charge is 0.261 e. The minimum Gasteiger partial charge on any atom is -0.324 e. The van der Waals surface area contributed by atoms with Gasteiger partial charge in [-0.25, -0.2) is 0 Å². The first kappa shape index (κ1) is 16.2. The molecule has 124 valence electrons. The zero-order valence-electron chi connectivity index (χ0n) is 13.4. The summed E-state index contributed by atoms with van der Waals surface area (Å²) in [5.74, 6) is -1.02. The highest BCUT2D eigenvalue weighted by Gasteiger charge is 2.32. The molecule has 0 radical (unpaired) electrons. The molecule has 0 unspecified atom stereocenters. The Morgan fingerprint density at radius 1 is 1.21 bits per heavy atom. The molecule has 0 fully saturated rings. The molecule has 1 aliphatic heterocycles. The molecule has 2 heterocycles. The molecule has 0 aliphatic carbocycles. The quantitative estimate of drug-likeness (QED) is 0.862. The van der Waals surface area contributed by atoms with E-state index in [0.717, 1.165) is 4.90 Å². The van der Waals surface area contributed by atoms with E-state index in [2.05, 4.69) is 10.4 Å². The molecule has 3 rings (SSSR count). The fourth-order valence-electron chi connectivity index (χ4n) is 2.60. The van der Waals surface area contributed by atoms with Crippen LogP contribution in [0.3, 0.4) is 0 Å². The fourth-order valence-corrected chi connectivity index (χ4v) is 2.74. The van der Waals surface area contributed by atoms with Gasteiger partial charge in [0.1, 0.15) is 6.54 Å². The van der Waals surface area contributed by atoms with Crippen LogP contribution in [0.15, 0.2) is 18.2 Å². The van der Waals surface area contributed by atoms with Crippen molar-refractivity contribution in [2.24, 2.45) is 0 Å². The molecule has 3 amide bonds. The number of fused-ring (bicyclic) bond motifs is 1. The molecule has 1 aromatic carbocycles. The second-order valence-corrected chi connectivity index (χ2v) is 6.00. The molecule has 0 saturated carbocycles. The van der Waals surface area contributed by atoms with Gasteiger partial charge in [0.25, 0.3) is 11.8 Å². The molecule has 8 heteroatoms. The van der Waals surface area contributed by atoms with Gasteiger partial charge in [-0.2, -0.15) is 5.10 Å². The molecule has 0 bridgehead atoms. The molecule has 1 N–H and O–H groups in total. The Labute approximate surface area is 143 Å². The summed E-state index contributed by atoms with van der Waals surface area (Å²) in [5.41, 5.74) is 2.44. The number of carbonyl (C=O) groups is 3. The average Bonchev–Trinajstić information content (AvgIpc) is 2.91. The van der Waals surface area contributed by atoms with E-state index < -0.39 is 0 Å². The zero-order valence-corrected chi connectivity index (χ0v) is 14.1. The van der Waals surface area contributed by atoms with Crippen LogP contribution in [0.25, 0.3) is 0 Å². The molecule has 7 nitrogen and oxygen atoms in total. The first-order valence-corrected chi connectivity index (χ1v) is 7.63. The van der Waals surface area contributed by atoms with E-state index in [9.17, 15) is 14.4 Å². The van der Waals surface area contributed by atoms with Crippen LogP contribution in [0, 0.1) is 13.8 Å². The second kappa shape index (κ2) is 5.76. The van der Waals surface area contributed by atoms with Crippen molar-refractivity contribution in [3.8, 4) is 0 Å². The summed E-state index contributed by atoms with van der Waals surface area (Å²) in [5, 5.41) is 7.44. The maximum absolute atomic E-state index is 12.2. The molecule has 1 aromatic heterocycles. The lowest BCUT2D eigenvalue weighted by Crippen LogP contribution is -2.24. The minimum absolute atomic E-state index is 0.00323. The molecule has 0 spiro atoms. The van der Waals surface area contributed by atoms with Crippen LogP contribution >= 0.6 is 11.6 Å². The van der Waals surface area contributed by atoms with Gasteiger partial charge in [0.15, 0.2) is 0 Å². The number of benzene rings is 1. The van der Waals surface area contributed by atoms with Crippen molar-refractivity contribution >= 4 is 35.0 Å². The highest BCUT2D eigenvalue weighted by atomic mass is 35.5. The van der Waals surface area contributed by atoms with Gasteiger partial charge in [-0.15, -0.1) is 0 Å². The molecular formula is C16H15ClN4O3. The van der Waals surface area contributed by atoms with E-state index >= 15 is 0 Å². The maximum Gasteiger partial charge on any atom is 0.261 e. The van der Waals surface area contributed by atoms with Crippen molar-refractivity contribution in [2.45, 2.75) is 20.4 Å². The van der Waals surface area contributed by atoms with Gasteiger partial charge in [-0.05, 0) is 32.0 Å². The number of carbonyl (C=O) groups excluding carboxylic acids is 3. The molecule has 0 saturated heterocycles. The normalized spacial score (nSPS) is 13.4. The van der Waals surface area contributed by atoms with Gasteiger partial charge in [0.05, 0.1) is 27.5 Å². The van der Waals surface area contributed by atoms with Crippen molar-refractivity contribution in [1.82, 2.24) is 14.7 Å². The summed E-state index contributed by atoms with van der Waals surface area (Å²) < 4.78 is 1.52. The highest BCUT2D eigenvalue weighted by molar-refractivity contribution is 6.31. The Kier molecular flexibility index (Phi) is 3.88. The van der Waals surface area contributed by atoms with Crippen LogP contribution in [-0.2, 0) is 11.3 Å². The fraction of sp³-hybridized carbons (Fsp3) is 0.250. The minimum atomic E-state index is -0.378. The van der Waals surface area contributed by atoms with Crippen LogP contribution in [0.4, 0.5) is 5.69 Å². The summed E-state index contributed by atoms with van der Waals surface area (Å²) in [4.78, 5) is 37.1. The number of hydrogen-bond donors (Lipinski definition) is 1. The van der Waals surface area contributed by atoms with E-state index in [-0.39, 0.29) is 29.8 Å². The zero-order chi connectivity index (χ0) is 17.6. The third-order valence-electron chi connectivity index (χ3n) is 3.96. The van der Waals surface area contributed by atoms with E-state index in [4.69, 9.17) is 11.6 Å². The second-order valence-electron chi connectivity index (χ2n) is 5.62. The Hall–Kier alpha value is -2.67. The molecule has 1 aliphatic rings. The standard InChI is InChI=1S/C16H15ClN4O3/c1-8-14(17)9(2)21(19-8)7-13(22)18-10-4-5-11-12(6-10)16(24)20(3)15(11)23/h4-6H,7H2,1-3H3,(H,18,22). The van der Waals surface area contributed by atoms with Crippen LogP contribution in [0.5, 0.6) is 0 Å². The number of aromatic nitrogens is 2. The average molecular weight is 347 g/mol. The van der Waals surface area contributed by atoms with Gasteiger partial charge in [-0.3, -0.25) is 24.0 Å². The van der Waals surface area contributed by atoms with Crippen LogP contribution in [0.2, 0.25) is 5.02 Å². The van der Waals surface area contributed by atoms with E-state index in [1.807, 2.05) is 0 Å². The predicted molar refractivity (Wildman–Crippen MR) is 88.2 cm³/mol. The van der Waals surface area contributed by atoms with Crippen molar-refractivity contribution < 1.29 is 14.4 Å². The molecule has 24 heavy (non-hydrogen) atoms. The molecule has 2 aromatic rings. The van der Waals surface area contributed by atoms with Crippen molar-refractivity contribution in [3.05, 3.63) is 45.7 Å². The third kappa shape index (κ3) is 2.56. The van der Waals surface area contributed by atoms with Gasteiger partial charge in [0, 0.05) is 12.7 Å². The number of amides is 3. The third-order valence-corrected chi connectivity index (χ3v) is 4.51. The largest absolute Gasteiger partial charge is 0.324 e. The number of anilines is 1. The highest BCUT2D eigenvalue weighted by Crippen LogP contribution is 2.25. The number of nitrogens with one attached hydrogen (secondary N) is 1. The number of hydrogen-bond acceptors (Lipinski definition) is 4. The van der Waals surface area contributed by atoms with Gasteiger partial charge in [0.2, 0.25) is 5.91 Å². The summed E-state index contributed by atoms with van der Waals surface area (Å²) in [7, 11) is 1.43. The SMILES string of the molecule is Cc1nn(CC(=O)Nc2ccc3c(c2)C(=O)N(C)C3=O)c(C)c1Cl. The predicted octanol–water partition coefficient (Wildman–Crippen LogP) is 2.02. The van der Waals surface area contributed by atoms with E-state index in [1.54, 1.807) is 19.9 Å². The monoisotopic (exact) mass is 346 g/mol. The molecular weight excluding hydrogens is 332 g/mol. The van der Waals surface area contributed by atoms with Gasteiger partial charge >= 0.3 is 0 Å². The number of imide groups is 1. The first-order chi connectivity index (χ1) is 11.3.